The third-order valence-corrected chi connectivity index (χ3v) is 3.26. The molecule has 102 valence electrons. The van der Waals surface area contributed by atoms with E-state index in [2.05, 4.69) is 18.9 Å². The quantitative estimate of drug-likeness (QED) is 0.916. The maximum absolute atomic E-state index is 13.0. The molecule has 0 saturated heterocycles. The van der Waals surface area contributed by atoms with E-state index in [0.29, 0.717) is 11.7 Å². The second-order valence-electron chi connectivity index (χ2n) is 5.27. The van der Waals surface area contributed by atoms with Crippen LogP contribution in [-0.2, 0) is 13.5 Å². The van der Waals surface area contributed by atoms with Crippen molar-refractivity contribution in [2.24, 2.45) is 13.0 Å². The van der Waals surface area contributed by atoms with Crippen LogP contribution in [0.1, 0.15) is 26.0 Å². The molecule has 0 bridgehead atoms. The molecule has 1 aromatic heterocycles. The van der Waals surface area contributed by atoms with E-state index in [1.165, 1.54) is 12.1 Å². The van der Waals surface area contributed by atoms with Crippen molar-refractivity contribution in [2.45, 2.75) is 26.7 Å². The molecule has 1 heterocycles. The normalized spacial score (nSPS) is 11.2. The molecule has 0 atom stereocenters. The molecule has 2 rings (SSSR count). The lowest BCUT2D eigenvalue weighted by Crippen LogP contribution is -1.98. The summed E-state index contributed by atoms with van der Waals surface area (Å²) in [6.45, 7) is 4.37. The Kier molecular flexibility index (Phi) is 3.88. The molecule has 0 aliphatic heterocycles. The van der Waals surface area contributed by atoms with Crippen molar-refractivity contribution in [3.05, 3.63) is 35.8 Å². The van der Waals surface area contributed by atoms with Gasteiger partial charge in [-0.3, -0.25) is 4.68 Å². The molecule has 2 aromatic rings. The van der Waals surface area contributed by atoms with E-state index in [0.717, 1.165) is 29.7 Å². The van der Waals surface area contributed by atoms with Gasteiger partial charge in [0.05, 0.1) is 5.69 Å². The van der Waals surface area contributed by atoms with Crippen molar-refractivity contribution in [2.75, 3.05) is 5.73 Å². The van der Waals surface area contributed by atoms with Gasteiger partial charge in [-0.15, -0.1) is 0 Å². The summed E-state index contributed by atoms with van der Waals surface area (Å²) in [4.78, 5) is 0. The molecule has 0 saturated carbocycles. The second-order valence-corrected chi connectivity index (χ2v) is 5.27. The Morgan fingerprint density at radius 3 is 2.47 bits per heavy atom. The van der Waals surface area contributed by atoms with Gasteiger partial charge in [0, 0.05) is 12.6 Å². The van der Waals surface area contributed by atoms with E-state index in [-0.39, 0.29) is 5.82 Å². The number of benzene rings is 1. The van der Waals surface area contributed by atoms with Gasteiger partial charge in [-0.2, -0.15) is 5.10 Å². The largest absolute Gasteiger partial charge is 0.383 e. The monoisotopic (exact) mass is 261 g/mol. The number of aryl methyl sites for hydroxylation is 2. The topological polar surface area (TPSA) is 43.8 Å². The van der Waals surface area contributed by atoms with Crippen molar-refractivity contribution in [3.63, 3.8) is 0 Å². The van der Waals surface area contributed by atoms with Gasteiger partial charge in [-0.1, -0.05) is 26.0 Å². The van der Waals surface area contributed by atoms with Crippen LogP contribution in [0.5, 0.6) is 0 Å². The van der Waals surface area contributed by atoms with Crippen molar-refractivity contribution in [1.82, 2.24) is 9.78 Å². The first-order valence-electron chi connectivity index (χ1n) is 6.56. The van der Waals surface area contributed by atoms with E-state index >= 15 is 0 Å². The first-order valence-corrected chi connectivity index (χ1v) is 6.56. The lowest BCUT2D eigenvalue weighted by Gasteiger charge is -2.06. The minimum atomic E-state index is -0.241. The Balaban J connectivity index is 2.40. The molecule has 0 amide bonds. The number of nitrogens with two attached hydrogens (primary N) is 1. The number of rotatable bonds is 4. The molecule has 0 spiro atoms. The van der Waals surface area contributed by atoms with Crippen LogP contribution in [0, 0.1) is 11.7 Å². The zero-order valence-corrected chi connectivity index (χ0v) is 11.7. The minimum Gasteiger partial charge on any atom is -0.383 e. The van der Waals surface area contributed by atoms with Gasteiger partial charge < -0.3 is 5.73 Å². The highest BCUT2D eigenvalue weighted by Crippen LogP contribution is 2.30. The van der Waals surface area contributed by atoms with Crippen LogP contribution in [0.25, 0.3) is 11.1 Å². The van der Waals surface area contributed by atoms with Gasteiger partial charge in [0.2, 0.25) is 0 Å². The third kappa shape index (κ3) is 2.95. The first kappa shape index (κ1) is 13.6. The molecular weight excluding hydrogens is 241 g/mol. The molecule has 4 heteroatoms. The Morgan fingerprint density at radius 1 is 1.26 bits per heavy atom. The average Bonchev–Trinajstić information content (AvgIpc) is 2.64. The Morgan fingerprint density at radius 2 is 1.89 bits per heavy atom. The summed E-state index contributed by atoms with van der Waals surface area (Å²) in [5, 5.41) is 4.48. The minimum absolute atomic E-state index is 0.241. The van der Waals surface area contributed by atoms with Crippen LogP contribution in [0.15, 0.2) is 24.3 Å². The summed E-state index contributed by atoms with van der Waals surface area (Å²) >= 11 is 0. The molecule has 1 aromatic carbocycles. The predicted molar refractivity (Wildman–Crippen MR) is 76.2 cm³/mol. The predicted octanol–water partition coefficient (Wildman–Crippen LogP) is 3.40. The molecule has 0 unspecified atom stereocenters. The number of halogens is 1. The number of nitrogen functional groups attached to an aromatic ring is 1. The second kappa shape index (κ2) is 5.43. The summed E-state index contributed by atoms with van der Waals surface area (Å²) < 4.78 is 14.7. The zero-order valence-electron chi connectivity index (χ0n) is 11.7. The fourth-order valence-corrected chi connectivity index (χ4v) is 2.13. The standard InChI is InChI=1S/C15H20FN3/c1-10(2)4-9-13-14(15(17)19(3)18-13)11-5-7-12(16)8-6-11/h5-8,10H,4,9,17H2,1-3H3. The van der Waals surface area contributed by atoms with Crippen LogP contribution in [0.3, 0.4) is 0 Å². The number of anilines is 1. The molecule has 19 heavy (non-hydrogen) atoms. The summed E-state index contributed by atoms with van der Waals surface area (Å²) in [5.74, 6) is 1.00. The Hall–Kier alpha value is -1.84. The fraction of sp³-hybridized carbons (Fsp3) is 0.400. The van der Waals surface area contributed by atoms with Crippen LogP contribution >= 0.6 is 0 Å². The first-order chi connectivity index (χ1) is 8.99. The summed E-state index contributed by atoms with van der Waals surface area (Å²) in [6.07, 6.45) is 1.94. The van der Waals surface area contributed by atoms with Crippen LogP contribution in [0.2, 0.25) is 0 Å². The van der Waals surface area contributed by atoms with E-state index in [1.54, 1.807) is 16.8 Å². The molecule has 0 fully saturated rings. The van der Waals surface area contributed by atoms with Gasteiger partial charge >= 0.3 is 0 Å². The van der Waals surface area contributed by atoms with Gasteiger partial charge in [0.1, 0.15) is 11.6 Å². The lowest BCUT2D eigenvalue weighted by atomic mass is 10.00. The maximum atomic E-state index is 13.0. The fourth-order valence-electron chi connectivity index (χ4n) is 2.13. The molecular formula is C15H20FN3. The van der Waals surface area contributed by atoms with E-state index in [4.69, 9.17) is 5.73 Å². The molecule has 0 aliphatic carbocycles. The van der Waals surface area contributed by atoms with Crippen LogP contribution in [0.4, 0.5) is 10.2 Å². The highest BCUT2D eigenvalue weighted by molar-refractivity contribution is 5.76. The Labute approximate surface area is 113 Å². The molecule has 0 aliphatic rings. The summed E-state index contributed by atoms with van der Waals surface area (Å²) in [5.41, 5.74) is 8.93. The Bertz CT molecular complexity index is 556. The molecule has 2 N–H and O–H groups in total. The lowest BCUT2D eigenvalue weighted by molar-refractivity contribution is 0.577. The average molecular weight is 261 g/mol. The van der Waals surface area contributed by atoms with E-state index in [1.807, 2.05) is 7.05 Å². The van der Waals surface area contributed by atoms with Crippen molar-refractivity contribution in [1.29, 1.82) is 0 Å². The number of hydrogen-bond acceptors (Lipinski definition) is 2. The summed E-state index contributed by atoms with van der Waals surface area (Å²) in [6, 6.07) is 6.41. The SMILES string of the molecule is CC(C)CCc1nn(C)c(N)c1-c1ccc(F)cc1. The van der Waals surface area contributed by atoms with Crippen LogP contribution in [-0.4, -0.2) is 9.78 Å². The van der Waals surface area contributed by atoms with Gasteiger partial charge in [0.15, 0.2) is 0 Å². The highest BCUT2D eigenvalue weighted by Gasteiger charge is 2.15. The smallest absolute Gasteiger partial charge is 0.129 e. The number of nitrogens with zero attached hydrogens (tertiary/aromatic N) is 2. The van der Waals surface area contributed by atoms with Crippen molar-refractivity contribution in [3.8, 4) is 11.1 Å². The molecule has 0 radical (unpaired) electrons. The zero-order chi connectivity index (χ0) is 14.0. The number of hydrogen-bond donors (Lipinski definition) is 1. The van der Waals surface area contributed by atoms with Gasteiger partial charge in [0.25, 0.3) is 0 Å². The number of aromatic nitrogens is 2. The van der Waals surface area contributed by atoms with E-state index in [9.17, 15) is 4.39 Å². The highest BCUT2D eigenvalue weighted by atomic mass is 19.1. The van der Waals surface area contributed by atoms with Gasteiger partial charge in [-0.25, -0.2) is 4.39 Å². The maximum Gasteiger partial charge on any atom is 0.129 e. The molecule has 3 nitrogen and oxygen atoms in total. The van der Waals surface area contributed by atoms with Crippen LogP contribution < -0.4 is 5.73 Å². The van der Waals surface area contributed by atoms with Crippen molar-refractivity contribution < 1.29 is 4.39 Å². The third-order valence-electron chi connectivity index (χ3n) is 3.26. The van der Waals surface area contributed by atoms with Crippen molar-refractivity contribution >= 4 is 5.82 Å². The summed E-state index contributed by atoms with van der Waals surface area (Å²) in [7, 11) is 1.83. The van der Waals surface area contributed by atoms with Gasteiger partial charge in [-0.05, 0) is 36.5 Å². The van der Waals surface area contributed by atoms with E-state index < -0.39 is 0 Å².